The number of rotatable bonds is 3. The third kappa shape index (κ3) is 1.91. The fourth-order valence-corrected chi connectivity index (χ4v) is 1.61. The van der Waals surface area contributed by atoms with Crippen LogP contribution in [0.2, 0.25) is 0 Å². The van der Waals surface area contributed by atoms with Gasteiger partial charge >= 0.3 is 0 Å². The Morgan fingerprint density at radius 2 is 1.50 bits per heavy atom. The Hall–Kier alpha value is -2.22. The first-order valence-electron chi connectivity index (χ1n) is 4.90. The molecule has 2 heteroatoms. The molecule has 0 N–H and O–H groups in total. The van der Waals surface area contributed by atoms with Crippen molar-refractivity contribution in [2.45, 2.75) is 0 Å². The lowest BCUT2D eigenvalue weighted by Gasteiger charge is -2.05. The van der Waals surface area contributed by atoms with E-state index >= 15 is 0 Å². The van der Waals surface area contributed by atoms with Gasteiger partial charge in [-0.25, -0.2) is 0 Å². The fourth-order valence-electron chi connectivity index (χ4n) is 1.61. The van der Waals surface area contributed by atoms with E-state index in [2.05, 4.69) is 0 Å². The number of benzene rings is 2. The Labute approximate surface area is 93.5 Å². The lowest BCUT2D eigenvalue weighted by atomic mass is 9.98. The van der Waals surface area contributed by atoms with Crippen LogP contribution in [-0.4, -0.2) is 12.1 Å². The number of hydrogen-bond donors (Lipinski definition) is 0. The molecule has 0 spiro atoms. The molecule has 0 atom stereocenters. The molecule has 1 radical (unpaired) electrons. The molecular weight excluding hydrogens is 200 g/mol. The van der Waals surface area contributed by atoms with Crippen molar-refractivity contribution in [1.82, 2.24) is 0 Å². The second kappa shape index (κ2) is 4.53. The molecule has 2 aromatic carbocycles. The van der Waals surface area contributed by atoms with Crippen molar-refractivity contribution in [2.75, 3.05) is 0 Å². The zero-order chi connectivity index (χ0) is 11.4. The minimum absolute atomic E-state index is 0.392. The molecule has 16 heavy (non-hydrogen) atoms. The Balaban J connectivity index is 2.57. The number of ketones is 1. The van der Waals surface area contributed by atoms with Crippen LogP contribution >= 0.6 is 0 Å². The van der Waals surface area contributed by atoms with Gasteiger partial charge in [0.2, 0.25) is 5.78 Å². The first-order valence-corrected chi connectivity index (χ1v) is 4.90. The van der Waals surface area contributed by atoms with Crippen molar-refractivity contribution < 1.29 is 9.59 Å². The molecule has 0 saturated heterocycles. The zero-order valence-electron chi connectivity index (χ0n) is 8.51. The summed E-state index contributed by atoms with van der Waals surface area (Å²) in [4.78, 5) is 21.8. The minimum atomic E-state index is -0.612. The van der Waals surface area contributed by atoms with E-state index in [1.807, 2.05) is 42.5 Å². The lowest BCUT2D eigenvalue weighted by molar-refractivity contribution is 0.106. The predicted octanol–water partition coefficient (Wildman–Crippen LogP) is 2.65. The first-order chi connectivity index (χ1) is 7.83. The van der Waals surface area contributed by atoms with Crippen LogP contribution in [0.25, 0.3) is 11.1 Å². The molecule has 2 nitrogen and oxygen atoms in total. The quantitative estimate of drug-likeness (QED) is 0.575. The highest BCUT2D eigenvalue weighted by molar-refractivity contribution is 6.35. The fraction of sp³-hybridized carbons (Fsp3) is 0. The Morgan fingerprint density at radius 3 is 2.19 bits per heavy atom. The van der Waals surface area contributed by atoms with E-state index in [4.69, 9.17) is 0 Å². The summed E-state index contributed by atoms with van der Waals surface area (Å²) in [6.45, 7) is 0. The third-order valence-corrected chi connectivity index (χ3v) is 2.35. The molecule has 0 bridgehead atoms. The summed E-state index contributed by atoms with van der Waals surface area (Å²) < 4.78 is 0. The highest BCUT2D eigenvalue weighted by Gasteiger charge is 2.11. The summed E-state index contributed by atoms with van der Waals surface area (Å²) >= 11 is 0. The molecule has 0 heterocycles. The van der Waals surface area contributed by atoms with Crippen LogP contribution in [0.4, 0.5) is 0 Å². The van der Waals surface area contributed by atoms with Gasteiger partial charge in [-0.05, 0) is 11.1 Å². The largest absolute Gasteiger partial charge is 0.285 e. The lowest BCUT2D eigenvalue weighted by Crippen LogP contribution is -2.01. The van der Waals surface area contributed by atoms with Gasteiger partial charge in [0.1, 0.15) is 0 Å². The van der Waals surface area contributed by atoms with Crippen molar-refractivity contribution in [3.05, 3.63) is 60.2 Å². The van der Waals surface area contributed by atoms with Crippen molar-refractivity contribution in [2.24, 2.45) is 0 Å². The van der Waals surface area contributed by atoms with E-state index < -0.39 is 5.78 Å². The molecule has 0 amide bonds. The maximum atomic E-state index is 11.4. The zero-order valence-corrected chi connectivity index (χ0v) is 8.51. The second-order valence-corrected chi connectivity index (χ2v) is 3.34. The highest BCUT2D eigenvalue weighted by atomic mass is 16.2. The predicted molar refractivity (Wildman–Crippen MR) is 61.9 cm³/mol. The van der Waals surface area contributed by atoms with Crippen molar-refractivity contribution in [3.63, 3.8) is 0 Å². The molecule has 0 aliphatic heterocycles. The van der Waals surface area contributed by atoms with Crippen LogP contribution in [0.5, 0.6) is 0 Å². The van der Waals surface area contributed by atoms with E-state index in [0.29, 0.717) is 5.56 Å². The summed E-state index contributed by atoms with van der Waals surface area (Å²) in [5, 5.41) is 0. The van der Waals surface area contributed by atoms with Crippen molar-refractivity contribution in [3.8, 4) is 11.1 Å². The molecule has 77 valence electrons. The van der Waals surface area contributed by atoms with Crippen LogP contribution < -0.4 is 0 Å². The van der Waals surface area contributed by atoms with Gasteiger partial charge in [-0.3, -0.25) is 9.59 Å². The average molecular weight is 209 g/mol. The van der Waals surface area contributed by atoms with Gasteiger partial charge in [0, 0.05) is 5.56 Å². The summed E-state index contributed by atoms with van der Waals surface area (Å²) in [5.41, 5.74) is 2.07. The Bertz CT molecular complexity index is 515. The molecule has 0 unspecified atom stereocenters. The van der Waals surface area contributed by atoms with Crippen LogP contribution in [0.15, 0.2) is 54.6 Å². The normalized spacial score (nSPS) is 9.75. The van der Waals surface area contributed by atoms with E-state index in [9.17, 15) is 9.59 Å². The molecule has 0 aliphatic rings. The van der Waals surface area contributed by atoms with Gasteiger partial charge in [-0.1, -0.05) is 54.6 Å². The number of Topliss-reactive ketones (excluding diaryl/α,β-unsaturated/α-hetero) is 1. The van der Waals surface area contributed by atoms with Crippen LogP contribution in [0.1, 0.15) is 10.4 Å². The summed E-state index contributed by atoms with van der Waals surface area (Å²) in [6, 6.07) is 16.5. The Morgan fingerprint density at radius 1 is 0.875 bits per heavy atom. The molecule has 0 saturated carbocycles. The number of carbonyl (C=O) groups excluding carboxylic acids is 2. The third-order valence-electron chi connectivity index (χ3n) is 2.35. The van der Waals surface area contributed by atoms with Crippen LogP contribution in [0.3, 0.4) is 0 Å². The van der Waals surface area contributed by atoms with Gasteiger partial charge in [0.15, 0.2) is 0 Å². The molecule has 0 aliphatic carbocycles. The van der Waals surface area contributed by atoms with Gasteiger partial charge in [0.05, 0.1) is 0 Å². The second-order valence-electron chi connectivity index (χ2n) is 3.34. The van der Waals surface area contributed by atoms with E-state index in [1.165, 1.54) is 6.29 Å². The summed E-state index contributed by atoms with van der Waals surface area (Å²) in [5.74, 6) is -0.612. The first kappa shape index (κ1) is 10.3. The maximum absolute atomic E-state index is 11.4. The van der Waals surface area contributed by atoms with Gasteiger partial charge in [0.25, 0.3) is 6.29 Å². The Kier molecular flexibility index (Phi) is 2.92. The van der Waals surface area contributed by atoms with Crippen LogP contribution in [0, 0.1) is 0 Å². The minimum Gasteiger partial charge on any atom is -0.285 e. The maximum Gasteiger partial charge on any atom is 0.277 e. The summed E-state index contributed by atoms with van der Waals surface area (Å²) in [6.07, 6.45) is 1.40. The molecule has 0 aromatic heterocycles. The molecular formula is C14H9O2. The topological polar surface area (TPSA) is 34.1 Å². The number of carbonyl (C=O) groups is 1. The monoisotopic (exact) mass is 209 g/mol. The van der Waals surface area contributed by atoms with E-state index in [-0.39, 0.29) is 0 Å². The molecule has 2 rings (SSSR count). The smallest absolute Gasteiger partial charge is 0.277 e. The summed E-state index contributed by atoms with van der Waals surface area (Å²) in [7, 11) is 0. The standard InChI is InChI=1S/C14H9O2/c15-10-14(16)13-9-5-4-8-12(13)11-6-2-1-3-7-11/h1-9H. The van der Waals surface area contributed by atoms with Crippen molar-refractivity contribution >= 4 is 12.1 Å². The average Bonchev–Trinajstić information content (AvgIpc) is 2.39. The van der Waals surface area contributed by atoms with E-state index in [1.54, 1.807) is 12.1 Å². The van der Waals surface area contributed by atoms with Crippen LogP contribution in [-0.2, 0) is 4.79 Å². The molecule has 2 aromatic rings. The van der Waals surface area contributed by atoms with E-state index in [0.717, 1.165) is 11.1 Å². The molecule has 0 fully saturated rings. The van der Waals surface area contributed by atoms with Gasteiger partial charge in [-0.2, -0.15) is 0 Å². The highest BCUT2D eigenvalue weighted by Crippen LogP contribution is 2.23. The number of hydrogen-bond acceptors (Lipinski definition) is 2. The van der Waals surface area contributed by atoms with Crippen molar-refractivity contribution in [1.29, 1.82) is 0 Å². The van der Waals surface area contributed by atoms with Gasteiger partial charge < -0.3 is 0 Å². The SMILES string of the molecule is O=[C]C(=O)c1ccccc1-c1ccccc1. The van der Waals surface area contributed by atoms with Gasteiger partial charge in [-0.15, -0.1) is 0 Å².